The summed E-state index contributed by atoms with van der Waals surface area (Å²) in [6.07, 6.45) is 13.6. The molecule has 2 aliphatic heterocycles. The highest BCUT2D eigenvalue weighted by molar-refractivity contribution is 6.11. The van der Waals surface area contributed by atoms with Gasteiger partial charge in [-0.1, -0.05) is 68.3 Å². The number of likely N-dealkylation sites (tertiary alicyclic amines) is 1. The Labute approximate surface area is 199 Å². The summed E-state index contributed by atoms with van der Waals surface area (Å²) in [6.45, 7) is 10.8. The fraction of sp³-hybridized carbons (Fsp3) is 0.500. The molecule has 2 heterocycles. The van der Waals surface area contributed by atoms with Crippen molar-refractivity contribution in [2.24, 2.45) is 4.99 Å². The Balaban J connectivity index is 1.65. The van der Waals surface area contributed by atoms with E-state index in [9.17, 15) is 4.79 Å². The van der Waals surface area contributed by atoms with Gasteiger partial charge in [0.2, 0.25) is 0 Å². The minimum atomic E-state index is -0.416. The average molecular weight is 447 g/mol. The van der Waals surface area contributed by atoms with Gasteiger partial charge in [0.25, 0.3) is 0 Å². The summed E-state index contributed by atoms with van der Waals surface area (Å²) in [5.74, 6) is 0.887. The summed E-state index contributed by atoms with van der Waals surface area (Å²) in [5.41, 5.74) is 2.92. The van der Waals surface area contributed by atoms with Crippen LogP contribution in [0.25, 0.3) is 0 Å². The zero-order valence-electron chi connectivity index (χ0n) is 20.2. The number of piperidine rings is 1. The zero-order chi connectivity index (χ0) is 23.3. The van der Waals surface area contributed by atoms with Crippen LogP contribution in [-0.2, 0) is 6.54 Å². The van der Waals surface area contributed by atoms with Crippen LogP contribution >= 0.6 is 0 Å². The Hall–Kier alpha value is -2.66. The van der Waals surface area contributed by atoms with Gasteiger partial charge in [0.15, 0.2) is 0 Å². The van der Waals surface area contributed by atoms with Gasteiger partial charge in [-0.25, -0.2) is 4.79 Å². The summed E-state index contributed by atoms with van der Waals surface area (Å²) in [4.78, 5) is 23.1. The van der Waals surface area contributed by atoms with E-state index in [-0.39, 0.29) is 6.03 Å². The molecule has 1 spiro atoms. The lowest BCUT2D eigenvalue weighted by molar-refractivity contribution is 0.118. The zero-order valence-corrected chi connectivity index (χ0v) is 20.2. The van der Waals surface area contributed by atoms with Crippen LogP contribution in [0.3, 0.4) is 0 Å². The SMILES string of the molecule is C=C/C=C(\C(C)=C/C)N1C(=O)NC(=NC2CCCCC2)C12CCN(Cc1ccccc1)CC2. The van der Waals surface area contributed by atoms with Crippen molar-refractivity contribution in [2.45, 2.75) is 76.9 Å². The van der Waals surface area contributed by atoms with Crippen LogP contribution in [0.2, 0.25) is 0 Å². The smallest absolute Gasteiger partial charge is 0.299 e. The minimum Gasteiger partial charge on any atom is -0.299 e. The third-order valence-corrected chi connectivity index (χ3v) is 7.47. The van der Waals surface area contributed by atoms with Gasteiger partial charge in [0.1, 0.15) is 11.4 Å². The summed E-state index contributed by atoms with van der Waals surface area (Å²) in [6, 6.07) is 10.9. The molecular formula is C28H38N4O. The van der Waals surface area contributed by atoms with Crippen LogP contribution in [0.4, 0.5) is 4.79 Å². The molecule has 33 heavy (non-hydrogen) atoms. The first-order chi connectivity index (χ1) is 16.1. The maximum absolute atomic E-state index is 13.4. The molecule has 1 aromatic rings. The molecule has 4 rings (SSSR count). The first-order valence-corrected chi connectivity index (χ1v) is 12.5. The standard InChI is InChI=1S/C28H38N4O/c1-4-12-25(22(3)5-2)32-27(33)30-26(29-24-15-10-7-11-16-24)28(32)17-19-31(20-18-28)21-23-13-8-6-9-14-23/h4-6,8-9,12-14,24H,1,7,10-11,15-21H2,2-3H3,(H,29,30,33)/b22-5-,25-12+. The number of urea groups is 1. The molecule has 0 atom stereocenters. The lowest BCUT2D eigenvalue weighted by atomic mass is 9.84. The number of aliphatic imine (C=N–C) groups is 1. The Morgan fingerprint density at radius 3 is 2.52 bits per heavy atom. The quantitative estimate of drug-likeness (QED) is 0.560. The van der Waals surface area contributed by atoms with E-state index in [1.54, 1.807) is 6.08 Å². The largest absolute Gasteiger partial charge is 0.328 e. The third-order valence-electron chi connectivity index (χ3n) is 7.47. The number of hydrogen-bond acceptors (Lipinski definition) is 3. The Kier molecular flexibility index (Phi) is 7.49. The van der Waals surface area contributed by atoms with E-state index in [4.69, 9.17) is 4.99 Å². The fourth-order valence-corrected chi connectivity index (χ4v) is 5.48. The molecule has 176 valence electrons. The van der Waals surface area contributed by atoms with E-state index in [1.807, 2.05) is 17.9 Å². The van der Waals surface area contributed by atoms with Crippen LogP contribution in [0.15, 0.2) is 71.4 Å². The molecule has 5 nitrogen and oxygen atoms in total. The van der Waals surface area contributed by atoms with Gasteiger partial charge in [0.05, 0.1) is 6.04 Å². The Morgan fingerprint density at radius 1 is 1.18 bits per heavy atom. The first kappa shape index (κ1) is 23.5. The minimum absolute atomic E-state index is 0.0598. The number of allylic oxidation sites excluding steroid dienone is 4. The molecule has 3 aliphatic rings. The van der Waals surface area contributed by atoms with E-state index in [1.165, 1.54) is 24.8 Å². The first-order valence-electron chi connectivity index (χ1n) is 12.5. The molecule has 1 aromatic carbocycles. The monoisotopic (exact) mass is 446 g/mol. The second-order valence-electron chi connectivity index (χ2n) is 9.59. The molecule has 2 amide bonds. The van der Waals surface area contributed by atoms with Crippen LogP contribution in [0.5, 0.6) is 0 Å². The number of nitrogens with one attached hydrogen (secondary N) is 1. The predicted octanol–water partition coefficient (Wildman–Crippen LogP) is 5.81. The van der Waals surface area contributed by atoms with Crippen LogP contribution in [0.1, 0.15) is 64.4 Å². The molecule has 2 saturated heterocycles. The van der Waals surface area contributed by atoms with E-state index in [2.05, 4.69) is 60.1 Å². The lowest BCUT2D eigenvalue weighted by Crippen LogP contribution is -2.56. The number of rotatable bonds is 6. The number of nitrogens with zero attached hydrogens (tertiary/aromatic N) is 3. The van der Waals surface area contributed by atoms with E-state index in [0.717, 1.165) is 62.4 Å². The molecule has 0 radical (unpaired) electrons. The van der Waals surface area contributed by atoms with Crippen molar-refractivity contribution in [3.8, 4) is 0 Å². The predicted molar refractivity (Wildman–Crippen MR) is 136 cm³/mol. The van der Waals surface area contributed by atoms with Crippen LogP contribution in [0, 0.1) is 0 Å². The summed E-state index contributed by atoms with van der Waals surface area (Å²) in [5, 5.41) is 3.21. The highest BCUT2D eigenvalue weighted by Crippen LogP contribution is 2.39. The van der Waals surface area contributed by atoms with Crippen molar-refractivity contribution in [3.63, 3.8) is 0 Å². The molecule has 1 aliphatic carbocycles. The molecule has 0 bridgehead atoms. The van der Waals surface area contributed by atoms with Gasteiger partial charge in [-0.3, -0.25) is 20.1 Å². The van der Waals surface area contributed by atoms with Gasteiger partial charge >= 0.3 is 6.03 Å². The number of benzene rings is 1. The van der Waals surface area contributed by atoms with Crippen molar-refractivity contribution < 1.29 is 4.79 Å². The summed E-state index contributed by atoms with van der Waals surface area (Å²) < 4.78 is 0. The molecule has 1 N–H and O–H groups in total. The van der Waals surface area contributed by atoms with Gasteiger partial charge in [-0.15, -0.1) is 0 Å². The van der Waals surface area contributed by atoms with Gasteiger partial charge < -0.3 is 0 Å². The molecule has 1 saturated carbocycles. The number of amides is 2. The topological polar surface area (TPSA) is 47.9 Å². The molecule has 5 heteroatoms. The fourth-order valence-electron chi connectivity index (χ4n) is 5.48. The number of carbonyl (C=O) groups excluding carboxylic acids is 1. The number of carbonyl (C=O) groups is 1. The summed E-state index contributed by atoms with van der Waals surface area (Å²) in [7, 11) is 0. The van der Waals surface area contributed by atoms with Crippen molar-refractivity contribution >= 4 is 11.9 Å². The van der Waals surface area contributed by atoms with Crippen LogP contribution in [-0.4, -0.2) is 46.3 Å². The number of amidine groups is 1. The molecule has 3 fully saturated rings. The van der Waals surface area contributed by atoms with Gasteiger partial charge in [-0.2, -0.15) is 0 Å². The highest BCUT2D eigenvalue weighted by Gasteiger charge is 2.53. The molecule has 0 unspecified atom stereocenters. The third kappa shape index (κ3) is 4.98. The van der Waals surface area contributed by atoms with Crippen molar-refractivity contribution in [1.82, 2.24) is 15.1 Å². The number of hydrogen-bond donors (Lipinski definition) is 1. The highest BCUT2D eigenvalue weighted by atomic mass is 16.2. The Bertz CT molecular complexity index is 932. The second kappa shape index (κ2) is 10.5. The van der Waals surface area contributed by atoms with Gasteiger partial charge in [0, 0.05) is 25.3 Å². The average Bonchev–Trinajstić information content (AvgIpc) is 3.10. The lowest BCUT2D eigenvalue weighted by Gasteiger charge is -2.44. The Morgan fingerprint density at radius 2 is 1.88 bits per heavy atom. The summed E-state index contributed by atoms with van der Waals surface area (Å²) >= 11 is 0. The maximum Gasteiger partial charge on any atom is 0.328 e. The molecule has 0 aromatic heterocycles. The van der Waals surface area contributed by atoms with Crippen LogP contribution < -0.4 is 5.32 Å². The van der Waals surface area contributed by atoms with Crippen molar-refractivity contribution in [1.29, 1.82) is 0 Å². The normalized spacial score (nSPS) is 23.9. The maximum atomic E-state index is 13.4. The van der Waals surface area contributed by atoms with Crippen molar-refractivity contribution in [3.05, 3.63) is 72.0 Å². The van der Waals surface area contributed by atoms with E-state index in [0.29, 0.717) is 6.04 Å². The van der Waals surface area contributed by atoms with E-state index < -0.39 is 5.54 Å². The molecular weight excluding hydrogens is 408 g/mol. The van der Waals surface area contributed by atoms with Gasteiger partial charge in [-0.05, 0) is 56.7 Å². The van der Waals surface area contributed by atoms with Crippen molar-refractivity contribution in [2.75, 3.05) is 13.1 Å². The second-order valence-corrected chi connectivity index (χ2v) is 9.59. The van der Waals surface area contributed by atoms with E-state index >= 15 is 0 Å².